The Balaban J connectivity index is 1.58. The van der Waals surface area contributed by atoms with E-state index >= 15 is 0 Å². The maximum Gasteiger partial charge on any atom is 0.240 e. The summed E-state index contributed by atoms with van der Waals surface area (Å²) in [5, 5.41) is 5.98. The number of amidine groups is 1. The highest BCUT2D eigenvalue weighted by atomic mass is 35.5. The van der Waals surface area contributed by atoms with Crippen LogP contribution in [0, 0.1) is 0 Å². The van der Waals surface area contributed by atoms with Crippen molar-refractivity contribution in [2.24, 2.45) is 4.99 Å². The normalized spacial score (nSPS) is 18.2. The molecule has 0 aliphatic carbocycles. The van der Waals surface area contributed by atoms with Crippen molar-refractivity contribution in [1.29, 1.82) is 0 Å². The summed E-state index contributed by atoms with van der Waals surface area (Å²) < 4.78 is 5.18. The van der Waals surface area contributed by atoms with Crippen LogP contribution in [0.4, 0.5) is 5.69 Å². The van der Waals surface area contributed by atoms with Crippen LogP contribution in [0.2, 0.25) is 15.1 Å². The van der Waals surface area contributed by atoms with Gasteiger partial charge in [0.25, 0.3) is 0 Å². The standard InChI is InChI=1S/C16H12Cl3N3O3S/c17-9-4-11(19)12(5-10(9)18)21-14(23)6-13-15(24)22-16(26-13)20-7-8-2-1-3-25-8/h1-5,13H,6-7H2,(H,21,23)(H,20,22,24)/t13-/m1/s1. The fraction of sp³-hybridized carbons (Fsp3) is 0.188. The SMILES string of the molecule is O=C(C[C@H]1SC(=NCc2ccco2)NC1=O)Nc1cc(Cl)c(Cl)cc1Cl. The lowest BCUT2D eigenvalue weighted by Gasteiger charge is -2.10. The molecule has 0 unspecified atom stereocenters. The quantitative estimate of drug-likeness (QED) is 0.688. The Morgan fingerprint density at radius 3 is 2.77 bits per heavy atom. The number of nitrogens with one attached hydrogen (secondary N) is 2. The van der Waals surface area contributed by atoms with E-state index in [-0.39, 0.29) is 33.3 Å². The van der Waals surface area contributed by atoms with Crippen LogP contribution in [-0.2, 0) is 16.1 Å². The number of carbonyl (C=O) groups excluding carboxylic acids is 2. The number of halogens is 3. The van der Waals surface area contributed by atoms with Gasteiger partial charge in [0.05, 0.1) is 33.6 Å². The summed E-state index contributed by atoms with van der Waals surface area (Å²) in [7, 11) is 0. The molecule has 0 saturated carbocycles. The molecule has 1 atom stereocenters. The highest BCUT2D eigenvalue weighted by Crippen LogP contribution is 2.32. The van der Waals surface area contributed by atoms with Crippen molar-refractivity contribution >= 4 is 69.2 Å². The molecular weight excluding hydrogens is 421 g/mol. The highest BCUT2D eigenvalue weighted by Gasteiger charge is 2.32. The first-order valence-electron chi connectivity index (χ1n) is 7.41. The van der Waals surface area contributed by atoms with Crippen LogP contribution in [0.3, 0.4) is 0 Å². The number of thioether (sulfide) groups is 1. The molecule has 2 amide bonds. The fourth-order valence-electron chi connectivity index (χ4n) is 2.16. The van der Waals surface area contributed by atoms with Crippen molar-refractivity contribution in [1.82, 2.24) is 5.32 Å². The maximum atomic E-state index is 12.2. The summed E-state index contributed by atoms with van der Waals surface area (Å²) >= 11 is 19.0. The molecule has 1 saturated heterocycles. The van der Waals surface area contributed by atoms with Crippen molar-refractivity contribution in [2.45, 2.75) is 18.2 Å². The van der Waals surface area contributed by atoms with E-state index in [0.29, 0.717) is 23.2 Å². The second-order valence-corrected chi connectivity index (χ2v) is 7.71. The van der Waals surface area contributed by atoms with Crippen molar-refractivity contribution in [3.63, 3.8) is 0 Å². The molecule has 1 fully saturated rings. The molecule has 0 bridgehead atoms. The Labute approximate surface area is 168 Å². The third-order valence-electron chi connectivity index (χ3n) is 3.39. The van der Waals surface area contributed by atoms with E-state index in [2.05, 4.69) is 15.6 Å². The number of benzene rings is 1. The van der Waals surface area contributed by atoms with Gasteiger partial charge < -0.3 is 15.1 Å². The van der Waals surface area contributed by atoms with Gasteiger partial charge in [0.15, 0.2) is 5.17 Å². The van der Waals surface area contributed by atoms with Gasteiger partial charge in [-0.15, -0.1) is 0 Å². The smallest absolute Gasteiger partial charge is 0.240 e. The Bertz CT molecular complexity index is 871. The minimum atomic E-state index is -0.577. The minimum Gasteiger partial charge on any atom is -0.467 e. The number of nitrogens with zero attached hydrogens (tertiary/aromatic N) is 1. The van der Waals surface area contributed by atoms with Gasteiger partial charge in [-0.1, -0.05) is 46.6 Å². The first kappa shape index (κ1) is 19.1. The Kier molecular flexibility index (Phi) is 6.13. The number of hydrogen-bond donors (Lipinski definition) is 2. The number of furan rings is 1. The van der Waals surface area contributed by atoms with E-state index in [1.807, 2.05) is 0 Å². The number of carbonyl (C=O) groups is 2. The van der Waals surface area contributed by atoms with Gasteiger partial charge in [-0.05, 0) is 24.3 Å². The summed E-state index contributed by atoms with van der Waals surface area (Å²) in [6, 6.07) is 6.45. The summed E-state index contributed by atoms with van der Waals surface area (Å²) in [6.45, 7) is 0.313. The molecule has 1 aliphatic rings. The number of aliphatic imine (C=N–C) groups is 1. The van der Waals surface area contributed by atoms with Crippen molar-refractivity contribution in [3.8, 4) is 0 Å². The molecule has 3 rings (SSSR count). The zero-order valence-electron chi connectivity index (χ0n) is 13.1. The van der Waals surface area contributed by atoms with Gasteiger partial charge >= 0.3 is 0 Å². The zero-order valence-corrected chi connectivity index (χ0v) is 16.2. The molecule has 10 heteroatoms. The largest absolute Gasteiger partial charge is 0.467 e. The van der Waals surface area contributed by atoms with Gasteiger partial charge in [0.2, 0.25) is 11.8 Å². The molecule has 1 aromatic carbocycles. The number of amides is 2. The average Bonchev–Trinajstić information content (AvgIpc) is 3.21. The summed E-state index contributed by atoms with van der Waals surface area (Å²) in [4.78, 5) is 28.5. The molecular formula is C16H12Cl3N3O3S. The maximum absolute atomic E-state index is 12.2. The van der Waals surface area contributed by atoms with Crippen molar-refractivity contribution in [3.05, 3.63) is 51.4 Å². The van der Waals surface area contributed by atoms with Gasteiger partial charge in [-0.3, -0.25) is 14.6 Å². The third kappa shape index (κ3) is 4.73. The Morgan fingerprint density at radius 1 is 1.27 bits per heavy atom. The minimum absolute atomic E-state index is 0.0349. The van der Waals surface area contributed by atoms with Crippen LogP contribution in [0.1, 0.15) is 12.2 Å². The lowest BCUT2D eigenvalue weighted by Crippen LogP contribution is -2.28. The van der Waals surface area contributed by atoms with E-state index in [1.165, 1.54) is 23.9 Å². The predicted octanol–water partition coefficient (Wildman–Crippen LogP) is 4.36. The molecule has 6 nitrogen and oxygen atoms in total. The second kappa shape index (κ2) is 8.35. The predicted molar refractivity (Wildman–Crippen MR) is 104 cm³/mol. The molecule has 1 aromatic heterocycles. The lowest BCUT2D eigenvalue weighted by molar-refractivity contribution is -0.122. The molecule has 2 N–H and O–H groups in total. The molecule has 136 valence electrons. The van der Waals surface area contributed by atoms with E-state index in [1.54, 1.807) is 18.4 Å². The van der Waals surface area contributed by atoms with E-state index in [9.17, 15) is 9.59 Å². The summed E-state index contributed by atoms with van der Waals surface area (Å²) in [5.74, 6) is 0.0385. The van der Waals surface area contributed by atoms with Gasteiger partial charge in [0, 0.05) is 6.42 Å². The van der Waals surface area contributed by atoms with E-state index in [4.69, 9.17) is 39.2 Å². The molecule has 1 aliphatic heterocycles. The first-order chi connectivity index (χ1) is 12.4. The summed E-state index contributed by atoms with van der Waals surface area (Å²) in [5.41, 5.74) is 0.334. The molecule has 2 heterocycles. The molecule has 0 radical (unpaired) electrons. The molecule has 0 spiro atoms. The van der Waals surface area contributed by atoms with Crippen LogP contribution < -0.4 is 10.6 Å². The Hall–Kier alpha value is -1.67. The topological polar surface area (TPSA) is 83.7 Å². The van der Waals surface area contributed by atoms with Gasteiger partial charge in [-0.25, -0.2) is 0 Å². The number of hydrogen-bond acceptors (Lipinski definition) is 5. The van der Waals surface area contributed by atoms with Crippen molar-refractivity contribution in [2.75, 3.05) is 5.32 Å². The average molecular weight is 433 g/mol. The fourth-order valence-corrected chi connectivity index (χ4v) is 3.72. The van der Waals surface area contributed by atoms with Gasteiger partial charge in [0.1, 0.15) is 11.0 Å². The second-order valence-electron chi connectivity index (χ2n) is 5.29. The lowest BCUT2D eigenvalue weighted by atomic mass is 10.2. The van der Waals surface area contributed by atoms with Crippen LogP contribution in [0.5, 0.6) is 0 Å². The van der Waals surface area contributed by atoms with Crippen LogP contribution >= 0.6 is 46.6 Å². The summed E-state index contributed by atoms with van der Waals surface area (Å²) in [6.07, 6.45) is 1.52. The molecule has 2 aromatic rings. The van der Waals surface area contributed by atoms with Crippen LogP contribution in [0.25, 0.3) is 0 Å². The monoisotopic (exact) mass is 431 g/mol. The highest BCUT2D eigenvalue weighted by molar-refractivity contribution is 8.15. The first-order valence-corrected chi connectivity index (χ1v) is 9.42. The van der Waals surface area contributed by atoms with Crippen LogP contribution in [-0.4, -0.2) is 22.2 Å². The van der Waals surface area contributed by atoms with Crippen molar-refractivity contribution < 1.29 is 14.0 Å². The Morgan fingerprint density at radius 2 is 2.04 bits per heavy atom. The number of anilines is 1. The van der Waals surface area contributed by atoms with E-state index < -0.39 is 5.25 Å². The molecule has 26 heavy (non-hydrogen) atoms. The van der Waals surface area contributed by atoms with Gasteiger partial charge in [-0.2, -0.15) is 0 Å². The zero-order chi connectivity index (χ0) is 18.7. The van der Waals surface area contributed by atoms with Crippen LogP contribution in [0.15, 0.2) is 39.9 Å². The van der Waals surface area contributed by atoms with E-state index in [0.717, 1.165) is 0 Å². The number of rotatable bonds is 5. The third-order valence-corrected chi connectivity index (χ3v) is 5.54.